The molecule has 1 rings (SSSR count). The first kappa shape index (κ1) is 12.8. The van der Waals surface area contributed by atoms with Gasteiger partial charge in [0.15, 0.2) is 0 Å². The first-order valence-corrected chi connectivity index (χ1v) is 5.66. The molecule has 1 fully saturated rings. The van der Waals surface area contributed by atoms with Gasteiger partial charge in [-0.3, -0.25) is 4.79 Å². The summed E-state index contributed by atoms with van der Waals surface area (Å²) in [5, 5.41) is 2.76. The number of rotatable bonds is 4. The Kier molecular flexibility index (Phi) is 4.15. The number of hydrogen-bond donors (Lipinski definition) is 1. The monoisotopic (exact) mass is 228 g/mol. The molecule has 1 aliphatic rings. The van der Waals surface area contributed by atoms with E-state index < -0.39 is 0 Å². The molecule has 0 aliphatic carbocycles. The van der Waals surface area contributed by atoms with Crippen LogP contribution in [0.2, 0.25) is 0 Å². The largest absolute Gasteiger partial charge is 0.442 e. The van der Waals surface area contributed by atoms with Gasteiger partial charge in [0.05, 0.1) is 13.1 Å². The third kappa shape index (κ3) is 3.12. The number of carbonyl (C=O) groups excluding carboxylic acids is 2. The zero-order valence-electron chi connectivity index (χ0n) is 10.3. The predicted molar refractivity (Wildman–Crippen MR) is 60.0 cm³/mol. The van der Waals surface area contributed by atoms with Gasteiger partial charge in [0.1, 0.15) is 6.10 Å². The topological polar surface area (TPSA) is 58.6 Å². The van der Waals surface area contributed by atoms with Crippen molar-refractivity contribution in [1.82, 2.24) is 10.2 Å². The van der Waals surface area contributed by atoms with Gasteiger partial charge in [0.2, 0.25) is 5.91 Å². The number of nitrogens with one attached hydrogen (secondary N) is 1. The highest BCUT2D eigenvalue weighted by Gasteiger charge is 2.32. The van der Waals surface area contributed by atoms with E-state index in [1.807, 2.05) is 27.7 Å². The lowest BCUT2D eigenvalue weighted by Gasteiger charge is -2.17. The number of carbonyl (C=O) groups is 2. The highest BCUT2D eigenvalue weighted by Crippen LogP contribution is 2.13. The Balaban J connectivity index is 2.36. The molecular formula is C11H20N2O3. The Hall–Kier alpha value is -1.26. The molecule has 0 aromatic heterocycles. The lowest BCUT2D eigenvalue weighted by atomic mass is 10.2. The Labute approximate surface area is 96.1 Å². The molecule has 1 atom stereocenters. The summed E-state index contributed by atoms with van der Waals surface area (Å²) in [6, 6.07) is 0.137. The first-order valence-electron chi connectivity index (χ1n) is 5.66. The van der Waals surface area contributed by atoms with Gasteiger partial charge in [-0.25, -0.2) is 4.79 Å². The lowest BCUT2D eigenvalue weighted by molar-refractivity contribution is -0.124. The molecule has 1 aliphatic heterocycles. The molecule has 1 N–H and O–H groups in total. The molecule has 0 spiro atoms. The Morgan fingerprint density at radius 2 is 2.12 bits per heavy atom. The highest BCUT2D eigenvalue weighted by molar-refractivity contribution is 5.78. The molecule has 5 heteroatoms. The second-order valence-corrected chi connectivity index (χ2v) is 4.65. The summed E-state index contributed by atoms with van der Waals surface area (Å²) in [6.07, 6.45) is -0.517. The van der Waals surface area contributed by atoms with Crippen LogP contribution in [-0.2, 0) is 9.53 Å². The van der Waals surface area contributed by atoms with Crippen molar-refractivity contribution in [3.63, 3.8) is 0 Å². The molecule has 92 valence electrons. The fourth-order valence-corrected chi connectivity index (χ4v) is 1.49. The average molecular weight is 228 g/mol. The minimum Gasteiger partial charge on any atom is -0.442 e. The zero-order valence-corrected chi connectivity index (χ0v) is 10.3. The van der Waals surface area contributed by atoms with Crippen molar-refractivity contribution in [2.75, 3.05) is 13.1 Å². The molecule has 2 amide bonds. The number of amides is 2. The van der Waals surface area contributed by atoms with Crippen molar-refractivity contribution in [3.05, 3.63) is 0 Å². The Bertz CT molecular complexity index is 276. The Morgan fingerprint density at radius 3 is 2.56 bits per heavy atom. The van der Waals surface area contributed by atoms with E-state index in [0.29, 0.717) is 13.1 Å². The van der Waals surface area contributed by atoms with Gasteiger partial charge in [-0.05, 0) is 13.8 Å². The van der Waals surface area contributed by atoms with E-state index in [1.54, 1.807) is 4.90 Å². The predicted octanol–water partition coefficient (Wildman–Crippen LogP) is 0.988. The summed E-state index contributed by atoms with van der Waals surface area (Å²) in [5.41, 5.74) is 0. The second kappa shape index (κ2) is 5.18. The first-order chi connectivity index (χ1) is 7.41. The van der Waals surface area contributed by atoms with E-state index in [4.69, 9.17) is 4.74 Å². The number of nitrogens with zero attached hydrogens (tertiary/aromatic N) is 1. The van der Waals surface area contributed by atoms with Crippen molar-refractivity contribution in [2.24, 2.45) is 5.92 Å². The van der Waals surface area contributed by atoms with Crippen LogP contribution < -0.4 is 5.32 Å². The number of ether oxygens (including phenoxy) is 1. The third-order valence-electron chi connectivity index (χ3n) is 2.55. The van der Waals surface area contributed by atoms with E-state index >= 15 is 0 Å². The summed E-state index contributed by atoms with van der Waals surface area (Å²) in [4.78, 5) is 24.4. The number of hydrogen-bond acceptors (Lipinski definition) is 3. The summed E-state index contributed by atoms with van der Waals surface area (Å²) in [6.45, 7) is 8.49. The maximum Gasteiger partial charge on any atom is 0.410 e. The van der Waals surface area contributed by atoms with E-state index in [9.17, 15) is 9.59 Å². The summed E-state index contributed by atoms with van der Waals surface area (Å²) >= 11 is 0. The van der Waals surface area contributed by atoms with Crippen LogP contribution in [0.15, 0.2) is 0 Å². The fraction of sp³-hybridized carbons (Fsp3) is 0.818. The minimum atomic E-state index is -0.293. The summed E-state index contributed by atoms with van der Waals surface area (Å²) < 4.78 is 5.14. The van der Waals surface area contributed by atoms with Gasteiger partial charge in [-0.2, -0.15) is 0 Å². The van der Waals surface area contributed by atoms with E-state index in [1.165, 1.54) is 0 Å². The molecule has 1 heterocycles. The molecule has 16 heavy (non-hydrogen) atoms. The molecule has 1 saturated heterocycles. The SMILES string of the molecule is CC(C)C(=O)NCC1CN(C(C)C)C(=O)O1. The van der Waals surface area contributed by atoms with Crippen LogP contribution in [0.25, 0.3) is 0 Å². The van der Waals surface area contributed by atoms with Gasteiger partial charge in [-0.1, -0.05) is 13.8 Å². The van der Waals surface area contributed by atoms with Gasteiger partial charge in [0, 0.05) is 12.0 Å². The third-order valence-corrected chi connectivity index (χ3v) is 2.55. The molecule has 0 bridgehead atoms. The van der Waals surface area contributed by atoms with Crippen LogP contribution in [0.5, 0.6) is 0 Å². The maximum atomic E-state index is 11.4. The van der Waals surface area contributed by atoms with E-state index in [0.717, 1.165) is 0 Å². The van der Waals surface area contributed by atoms with Crippen molar-refractivity contribution < 1.29 is 14.3 Å². The second-order valence-electron chi connectivity index (χ2n) is 4.65. The van der Waals surface area contributed by atoms with Crippen molar-refractivity contribution in [2.45, 2.75) is 39.8 Å². The van der Waals surface area contributed by atoms with Gasteiger partial charge < -0.3 is 15.0 Å². The minimum absolute atomic E-state index is 0.0148. The van der Waals surface area contributed by atoms with Gasteiger partial charge in [-0.15, -0.1) is 0 Å². The maximum absolute atomic E-state index is 11.4. The van der Waals surface area contributed by atoms with Crippen LogP contribution >= 0.6 is 0 Å². The van der Waals surface area contributed by atoms with Crippen LogP contribution in [0.1, 0.15) is 27.7 Å². The van der Waals surface area contributed by atoms with Gasteiger partial charge >= 0.3 is 6.09 Å². The number of cyclic esters (lactones) is 1. The molecule has 0 radical (unpaired) electrons. The van der Waals surface area contributed by atoms with Crippen LogP contribution in [0.3, 0.4) is 0 Å². The average Bonchev–Trinajstić information content (AvgIpc) is 2.56. The van der Waals surface area contributed by atoms with Crippen molar-refractivity contribution >= 4 is 12.0 Å². The molecule has 0 aromatic carbocycles. The summed E-state index contributed by atoms with van der Waals surface area (Å²) in [7, 11) is 0. The van der Waals surface area contributed by atoms with Crippen LogP contribution in [0, 0.1) is 5.92 Å². The van der Waals surface area contributed by atoms with Crippen molar-refractivity contribution in [1.29, 1.82) is 0 Å². The zero-order chi connectivity index (χ0) is 12.3. The van der Waals surface area contributed by atoms with Crippen LogP contribution in [-0.4, -0.2) is 42.1 Å². The molecule has 5 nitrogen and oxygen atoms in total. The summed E-state index contributed by atoms with van der Waals surface area (Å²) in [5.74, 6) is -0.0580. The quantitative estimate of drug-likeness (QED) is 0.780. The lowest BCUT2D eigenvalue weighted by Crippen LogP contribution is -2.37. The standard InChI is InChI=1S/C11H20N2O3/c1-7(2)10(14)12-5-9-6-13(8(3)4)11(15)16-9/h7-9H,5-6H2,1-4H3,(H,12,14). The molecule has 0 saturated carbocycles. The van der Waals surface area contributed by atoms with Crippen LogP contribution in [0.4, 0.5) is 4.79 Å². The van der Waals surface area contributed by atoms with Gasteiger partial charge in [0.25, 0.3) is 0 Å². The van der Waals surface area contributed by atoms with Crippen molar-refractivity contribution in [3.8, 4) is 0 Å². The Morgan fingerprint density at radius 1 is 1.50 bits per heavy atom. The van der Waals surface area contributed by atoms with E-state index in [-0.39, 0.29) is 30.1 Å². The van der Waals surface area contributed by atoms with E-state index in [2.05, 4.69) is 5.32 Å². The highest BCUT2D eigenvalue weighted by atomic mass is 16.6. The molecule has 1 unspecified atom stereocenters. The normalized spacial score (nSPS) is 20.5. The molecule has 0 aromatic rings. The smallest absolute Gasteiger partial charge is 0.410 e. The fourth-order valence-electron chi connectivity index (χ4n) is 1.49. The molecular weight excluding hydrogens is 208 g/mol.